The van der Waals surface area contributed by atoms with Crippen molar-refractivity contribution >= 4 is 28.3 Å². The molecular formula is C19H15N3O5. The minimum absolute atomic E-state index is 0.142. The average Bonchev–Trinajstić information content (AvgIpc) is 2.70. The molecule has 0 aromatic heterocycles. The number of benzene rings is 3. The molecule has 3 rings (SSSR count). The van der Waals surface area contributed by atoms with Crippen LogP contribution in [0, 0.1) is 10.1 Å². The third kappa shape index (κ3) is 4.57. The predicted octanol–water partition coefficient (Wildman–Crippen LogP) is 2.99. The van der Waals surface area contributed by atoms with Gasteiger partial charge in [-0.1, -0.05) is 47.6 Å². The zero-order valence-electron chi connectivity index (χ0n) is 14.1. The molecule has 0 fully saturated rings. The number of nitrogens with zero attached hydrogens (tertiary/aromatic N) is 2. The van der Waals surface area contributed by atoms with E-state index in [0.717, 1.165) is 10.8 Å². The van der Waals surface area contributed by atoms with Crippen LogP contribution in [0.2, 0.25) is 0 Å². The molecule has 0 aliphatic carbocycles. The molecule has 3 aromatic rings. The average molecular weight is 365 g/mol. The standard InChI is InChI=1S/C19H15N3O5/c20-19(15-6-3-7-16(10-15)22(24)25)21-27-18(23)12-26-17-9-8-13-4-1-2-5-14(13)11-17/h1-11H,12H2,(H2,20,21). The summed E-state index contributed by atoms with van der Waals surface area (Å²) in [4.78, 5) is 26.7. The smallest absolute Gasteiger partial charge is 0.372 e. The van der Waals surface area contributed by atoms with Crippen LogP contribution in [0.3, 0.4) is 0 Å². The highest BCUT2D eigenvalue weighted by molar-refractivity contribution is 5.98. The second-order valence-corrected chi connectivity index (χ2v) is 5.54. The number of nitrogens with two attached hydrogens (primary N) is 1. The summed E-state index contributed by atoms with van der Waals surface area (Å²) in [5.74, 6) is -0.393. The van der Waals surface area contributed by atoms with Crippen molar-refractivity contribution in [3.63, 3.8) is 0 Å². The first-order valence-electron chi connectivity index (χ1n) is 7.92. The van der Waals surface area contributed by atoms with Gasteiger partial charge in [-0.05, 0) is 22.9 Å². The van der Waals surface area contributed by atoms with Crippen LogP contribution in [0.15, 0.2) is 71.9 Å². The molecule has 3 aromatic carbocycles. The Kier molecular flexibility index (Phi) is 5.27. The first-order valence-corrected chi connectivity index (χ1v) is 7.92. The quantitative estimate of drug-likeness (QED) is 0.236. The zero-order valence-corrected chi connectivity index (χ0v) is 14.1. The Morgan fingerprint density at radius 2 is 1.81 bits per heavy atom. The number of non-ortho nitro benzene ring substituents is 1. The van der Waals surface area contributed by atoms with Crippen molar-refractivity contribution in [2.24, 2.45) is 10.9 Å². The number of carbonyl (C=O) groups is 1. The summed E-state index contributed by atoms with van der Waals surface area (Å²) in [6.45, 7) is -0.357. The third-order valence-electron chi connectivity index (χ3n) is 3.68. The summed E-state index contributed by atoms with van der Waals surface area (Å²) in [5.41, 5.74) is 5.82. The van der Waals surface area contributed by atoms with Gasteiger partial charge >= 0.3 is 5.97 Å². The number of nitro groups is 1. The minimum Gasteiger partial charge on any atom is -0.482 e. The summed E-state index contributed by atoms with van der Waals surface area (Å²) in [5, 5.41) is 16.3. The van der Waals surface area contributed by atoms with Gasteiger partial charge in [0.15, 0.2) is 12.4 Å². The monoisotopic (exact) mass is 365 g/mol. The number of ether oxygens (including phenoxy) is 1. The lowest BCUT2D eigenvalue weighted by atomic mass is 10.1. The van der Waals surface area contributed by atoms with E-state index in [2.05, 4.69) is 5.16 Å². The van der Waals surface area contributed by atoms with Gasteiger partial charge in [-0.3, -0.25) is 10.1 Å². The molecule has 27 heavy (non-hydrogen) atoms. The number of hydrogen-bond donors (Lipinski definition) is 1. The van der Waals surface area contributed by atoms with Crippen LogP contribution in [0.25, 0.3) is 10.8 Å². The Hall–Kier alpha value is -3.94. The molecule has 2 N–H and O–H groups in total. The topological polar surface area (TPSA) is 117 Å². The van der Waals surface area contributed by atoms with Gasteiger partial charge in [0.2, 0.25) is 0 Å². The molecule has 0 spiro atoms. The second-order valence-electron chi connectivity index (χ2n) is 5.54. The maximum atomic E-state index is 11.8. The van der Waals surface area contributed by atoms with Crippen molar-refractivity contribution in [1.29, 1.82) is 0 Å². The fourth-order valence-electron chi connectivity index (χ4n) is 2.36. The second kappa shape index (κ2) is 7.96. The van der Waals surface area contributed by atoms with Crippen molar-refractivity contribution in [1.82, 2.24) is 0 Å². The van der Waals surface area contributed by atoms with Gasteiger partial charge in [0.05, 0.1) is 4.92 Å². The van der Waals surface area contributed by atoms with Gasteiger partial charge in [0, 0.05) is 17.7 Å². The molecule has 0 amide bonds. The highest BCUT2D eigenvalue weighted by Gasteiger charge is 2.10. The lowest BCUT2D eigenvalue weighted by Crippen LogP contribution is -2.18. The molecule has 8 nitrogen and oxygen atoms in total. The molecular weight excluding hydrogens is 350 g/mol. The number of hydrogen-bond acceptors (Lipinski definition) is 6. The highest BCUT2D eigenvalue weighted by atomic mass is 16.7. The number of oxime groups is 1. The maximum absolute atomic E-state index is 11.8. The van der Waals surface area contributed by atoms with Crippen LogP contribution in [-0.4, -0.2) is 23.3 Å². The van der Waals surface area contributed by atoms with Crippen LogP contribution in [0.1, 0.15) is 5.56 Å². The Bertz CT molecular complexity index is 1030. The van der Waals surface area contributed by atoms with E-state index in [9.17, 15) is 14.9 Å². The lowest BCUT2D eigenvalue weighted by molar-refractivity contribution is -0.384. The van der Waals surface area contributed by atoms with Gasteiger partial charge in [-0.25, -0.2) is 4.79 Å². The van der Waals surface area contributed by atoms with E-state index in [4.69, 9.17) is 15.3 Å². The van der Waals surface area contributed by atoms with E-state index in [1.165, 1.54) is 24.3 Å². The van der Waals surface area contributed by atoms with Crippen molar-refractivity contribution < 1.29 is 19.3 Å². The highest BCUT2D eigenvalue weighted by Crippen LogP contribution is 2.20. The van der Waals surface area contributed by atoms with Gasteiger partial charge in [-0.15, -0.1) is 0 Å². The Balaban J connectivity index is 1.59. The van der Waals surface area contributed by atoms with E-state index >= 15 is 0 Å². The summed E-state index contributed by atoms with van der Waals surface area (Å²) in [6.07, 6.45) is 0. The molecule has 8 heteroatoms. The molecule has 0 saturated heterocycles. The minimum atomic E-state index is -0.753. The largest absolute Gasteiger partial charge is 0.482 e. The molecule has 0 aliphatic heterocycles. The van der Waals surface area contributed by atoms with Crippen LogP contribution < -0.4 is 10.5 Å². The van der Waals surface area contributed by atoms with E-state index in [1.54, 1.807) is 6.07 Å². The summed E-state index contributed by atoms with van der Waals surface area (Å²) >= 11 is 0. The fraction of sp³-hybridized carbons (Fsp3) is 0.0526. The van der Waals surface area contributed by atoms with Crippen molar-refractivity contribution in [2.45, 2.75) is 0 Å². The zero-order chi connectivity index (χ0) is 19.2. The summed E-state index contributed by atoms with van der Waals surface area (Å²) < 4.78 is 5.39. The summed E-state index contributed by atoms with van der Waals surface area (Å²) in [6, 6.07) is 18.7. The van der Waals surface area contributed by atoms with Gasteiger partial charge in [0.1, 0.15) is 5.75 Å². The van der Waals surface area contributed by atoms with Gasteiger partial charge in [0.25, 0.3) is 5.69 Å². The van der Waals surface area contributed by atoms with Crippen LogP contribution in [-0.2, 0) is 9.63 Å². The molecule has 0 saturated carbocycles. The van der Waals surface area contributed by atoms with Crippen LogP contribution in [0.5, 0.6) is 5.75 Å². The number of amidine groups is 1. The molecule has 0 radical (unpaired) electrons. The SMILES string of the molecule is N/C(=N\OC(=O)COc1ccc2ccccc2c1)c1cccc([N+](=O)[O-])c1. The number of rotatable bonds is 6. The van der Waals surface area contributed by atoms with E-state index in [-0.39, 0.29) is 23.7 Å². The van der Waals surface area contributed by atoms with Gasteiger partial charge < -0.3 is 15.3 Å². The van der Waals surface area contributed by atoms with E-state index in [1.807, 2.05) is 36.4 Å². The molecule has 0 atom stereocenters. The van der Waals surface area contributed by atoms with Crippen molar-refractivity contribution in [2.75, 3.05) is 6.61 Å². The van der Waals surface area contributed by atoms with Crippen molar-refractivity contribution in [3.05, 3.63) is 82.4 Å². The first kappa shape index (κ1) is 17.9. The number of nitro benzene ring substituents is 1. The van der Waals surface area contributed by atoms with E-state index in [0.29, 0.717) is 5.75 Å². The molecule has 136 valence electrons. The first-order chi connectivity index (χ1) is 13.0. The number of fused-ring (bicyclic) bond motifs is 1. The Morgan fingerprint density at radius 1 is 1.04 bits per heavy atom. The molecule has 0 aliphatic rings. The predicted molar refractivity (Wildman–Crippen MR) is 99.4 cm³/mol. The number of carbonyl (C=O) groups excluding carboxylic acids is 1. The lowest BCUT2D eigenvalue weighted by Gasteiger charge is -2.06. The van der Waals surface area contributed by atoms with Crippen LogP contribution in [0.4, 0.5) is 5.69 Å². The fourth-order valence-corrected chi connectivity index (χ4v) is 2.36. The summed E-state index contributed by atoms with van der Waals surface area (Å²) in [7, 11) is 0. The van der Waals surface area contributed by atoms with Crippen LogP contribution >= 0.6 is 0 Å². The Labute approximate surface area is 153 Å². The Morgan fingerprint density at radius 3 is 2.59 bits per heavy atom. The molecule has 0 unspecified atom stereocenters. The van der Waals surface area contributed by atoms with Crippen molar-refractivity contribution in [3.8, 4) is 5.75 Å². The maximum Gasteiger partial charge on any atom is 0.372 e. The molecule has 0 bridgehead atoms. The van der Waals surface area contributed by atoms with E-state index < -0.39 is 10.9 Å². The van der Waals surface area contributed by atoms with Gasteiger partial charge in [-0.2, -0.15) is 0 Å². The normalized spacial score (nSPS) is 11.2. The third-order valence-corrected chi connectivity index (χ3v) is 3.68. The molecule has 0 heterocycles.